The molecule has 4 aliphatic rings. The molecule has 3 saturated heterocycles. The van der Waals surface area contributed by atoms with Crippen LogP contribution in [0.25, 0.3) is 0 Å². The number of ether oxygens (including phenoxy) is 3. The number of hydrogen-bond acceptors (Lipinski definition) is 9. The Hall–Kier alpha value is -5.04. The molecule has 0 aromatic heterocycles. The summed E-state index contributed by atoms with van der Waals surface area (Å²) in [6.07, 6.45) is 3.04. The van der Waals surface area contributed by atoms with Crippen molar-refractivity contribution in [1.29, 1.82) is 0 Å². The molecule has 12 nitrogen and oxygen atoms in total. The SMILES string of the molecule is C=CCOC(=O)N1CCC(N2CCC(=CC3=CS[C@@H]4[C@H](NC(=O)OC(C)(C)C)C(=O)N4[C@H]3C(=O)OC(c3ccccc3)c3ccccc3)C2=O)CC1. The van der Waals surface area contributed by atoms with Gasteiger partial charge in [0.15, 0.2) is 12.1 Å². The van der Waals surface area contributed by atoms with Gasteiger partial charge in [0.25, 0.3) is 0 Å². The van der Waals surface area contributed by atoms with E-state index in [0.29, 0.717) is 50.0 Å². The normalized spacial score (nSPS) is 22.8. The van der Waals surface area contributed by atoms with Gasteiger partial charge in [-0.25, -0.2) is 14.4 Å². The standard InChI is InChI=1S/C39H44N4O8S/c1-5-22-49-38(48)41-19-17-29(18-20-41)42-21-16-27(33(42)44)23-28-24-52-35-30(40-37(47)51-39(2,3)4)34(45)43(35)31(28)36(46)50-32(25-12-8-6-9-13-25)26-14-10-7-11-15-26/h5-15,23-24,29-32,35H,1,16-22H2,2-4H3,(H,40,47)/t30-,31-,35-/m1/s1. The highest BCUT2D eigenvalue weighted by Gasteiger charge is 2.56. The first-order valence-electron chi connectivity index (χ1n) is 17.5. The summed E-state index contributed by atoms with van der Waals surface area (Å²) in [6.45, 7) is 10.4. The van der Waals surface area contributed by atoms with Crippen LogP contribution in [0.15, 0.2) is 95.9 Å². The molecule has 4 amide bonds. The Kier molecular flexibility index (Phi) is 11.1. The molecule has 1 N–H and O–H groups in total. The number of thioether (sulfide) groups is 1. The van der Waals surface area contributed by atoms with Crippen LogP contribution >= 0.6 is 11.8 Å². The van der Waals surface area contributed by atoms with Crippen LogP contribution in [0.1, 0.15) is 57.3 Å². The van der Waals surface area contributed by atoms with Crippen molar-refractivity contribution < 1.29 is 38.2 Å². The summed E-state index contributed by atoms with van der Waals surface area (Å²) < 4.78 is 16.8. The first-order chi connectivity index (χ1) is 24.9. The molecule has 2 aromatic rings. The van der Waals surface area contributed by atoms with Gasteiger partial charge in [-0.1, -0.05) is 73.3 Å². The summed E-state index contributed by atoms with van der Waals surface area (Å²) in [4.78, 5) is 71.8. The van der Waals surface area contributed by atoms with E-state index in [1.54, 1.807) is 37.2 Å². The van der Waals surface area contributed by atoms with Gasteiger partial charge in [0.1, 0.15) is 23.6 Å². The van der Waals surface area contributed by atoms with Gasteiger partial charge in [-0.05, 0) is 68.2 Å². The van der Waals surface area contributed by atoms with E-state index in [1.165, 1.54) is 22.7 Å². The van der Waals surface area contributed by atoms with Crippen LogP contribution < -0.4 is 5.32 Å². The minimum absolute atomic E-state index is 0.0455. The fourth-order valence-corrected chi connectivity index (χ4v) is 8.06. The van der Waals surface area contributed by atoms with Gasteiger partial charge in [-0.15, -0.1) is 11.8 Å². The second kappa shape index (κ2) is 15.7. The van der Waals surface area contributed by atoms with E-state index in [0.717, 1.165) is 11.1 Å². The van der Waals surface area contributed by atoms with Crippen molar-refractivity contribution in [2.24, 2.45) is 0 Å². The van der Waals surface area contributed by atoms with Gasteiger partial charge in [-0.3, -0.25) is 9.59 Å². The number of piperidine rings is 1. The highest BCUT2D eigenvalue weighted by atomic mass is 32.2. The van der Waals surface area contributed by atoms with Gasteiger partial charge in [0, 0.05) is 31.2 Å². The van der Waals surface area contributed by atoms with Crippen LogP contribution in [0, 0.1) is 0 Å². The van der Waals surface area contributed by atoms with E-state index in [4.69, 9.17) is 14.2 Å². The zero-order chi connectivity index (χ0) is 37.0. The molecule has 0 radical (unpaired) electrons. The molecule has 3 atom stereocenters. The summed E-state index contributed by atoms with van der Waals surface area (Å²) in [7, 11) is 0. The molecule has 0 saturated carbocycles. The molecule has 0 aliphatic carbocycles. The van der Waals surface area contributed by atoms with Crippen LogP contribution in [-0.2, 0) is 28.6 Å². The zero-order valence-corrected chi connectivity index (χ0v) is 30.4. The second-order valence-corrected chi connectivity index (χ2v) is 15.0. The Morgan fingerprint density at radius 1 is 0.981 bits per heavy atom. The van der Waals surface area contributed by atoms with E-state index < -0.39 is 53.2 Å². The highest BCUT2D eigenvalue weighted by Crippen LogP contribution is 2.42. The maximum absolute atomic E-state index is 14.4. The molecule has 0 spiro atoms. The summed E-state index contributed by atoms with van der Waals surface area (Å²) in [5.74, 6) is -1.25. The quantitative estimate of drug-likeness (QED) is 0.120. The number of carbonyl (C=O) groups excluding carboxylic acids is 5. The topological polar surface area (TPSA) is 135 Å². The first-order valence-corrected chi connectivity index (χ1v) is 18.4. The molecule has 274 valence electrons. The van der Waals surface area contributed by atoms with Gasteiger partial charge in [0.05, 0.1) is 0 Å². The van der Waals surface area contributed by atoms with Crippen molar-refractivity contribution >= 4 is 41.7 Å². The molecule has 6 rings (SSSR count). The van der Waals surface area contributed by atoms with E-state index in [1.807, 2.05) is 65.6 Å². The van der Waals surface area contributed by atoms with Crippen LogP contribution in [0.2, 0.25) is 0 Å². The number of alkyl carbamates (subject to hydrolysis) is 1. The van der Waals surface area contributed by atoms with Crippen molar-refractivity contribution in [3.05, 3.63) is 107 Å². The predicted molar refractivity (Wildman–Crippen MR) is 195 cm³/mol. The Morgan fingerprint density at radius 2 is 1.62 bits per heavy atom. The van der Waals surface area contributed by atoms with Crippen LogP contribution in [-0.4, -0.2) is 100 Å². The third-order valence-corrected chi connectivity index (χ3v) is 10.5. The molecule has 2 aromatic carbocycles. The van der Waals surface area contributed by atoms with Crippen molar-refractivity contribution in [3.8, 4) is 0 Å². The van der Waals surface area contributed by atoms with Crippen molar-refractivity contribution in [2.45, 2.75) is 75.2 Å². The summed E-state index contributed by atoms with van der Waals surface area (Å²) in [6, 6.07) is 16.6. The van der Waals surface area contributed by atoms with Crippen molar-refractivity contribution in [1.82, 2.24) is 20.0 Å². The smallest absolute Gasteiger partial charge is 0.410 e. The Bertz CT molecular complexity index is 1710. The molecule has 3 fully saturated rings. The van der Waals surface area contributed by atoms with Crippen molar-refractivity contribution in [3.63, 3.8) is 0 Å². The number of esters is 1. The molecule has 4 aliphatic heterocycles. The summed E-state index contributed by atoms with van der Waals surface area (Å²) in [5, 5.41) is 3.85. The average Bonchev–Trinajstić information content (AvgIpc) is 3.50. The molecule has 0 bridgehead atoms. The largest absolute Gasteiger partial charge is 0.451 e. The molecule has 0 unspecified atom stereocenters. The number of likely N-dealkylation sites (tertiary alicyclic amines) is 2. The minimum Gasteiger partial charge on any atom is -0.451 e. The molecular weight excluding hydrogens is 685 g/mol. The minimum atomic E-state index is -1.16. The summed E-state index contributed by atoms with van der Waals surface area (Å²) >= 11 is 1.29. The number of β-lactam (4-membered cyclic amide) rings is 1. The van der Waals surface area contributed by atoms with Gasteiger partial charge < -0.3 is 34.2 Å². The van der Waals surface area contributed by atoms with Crippen molar-refractivity contribution in [2.75, 3.05) is 26.2 Å². The lowest BCUT2D eigenvalue weighted by atomic mass is 9.95. The summed E-state index contributed by atoms with van der Waals surface area (Å²) in [5.41, 5.74) is 1.74. The van der Waals surface area contributed by atoms with E-state index in [2.05, 4.69) is 11.9 Å². The zero-order valence-electron chi connectivity index (χ0n) is 29.6. The van der Waals surface area contributed by atoms with Crippen LogP contribution in [0.4, 0.5) is 9.59 Å². The predicted octanol–water partition coefficient (Wildman–Crippen LogP) is 5.33. The van der Waals surface area contributed by atoms with Crippen LogP contribution in [0.3, 0.4) is 0 Å². The number of hydrogen-bond donors (Lipinski definition) is 1. The lowest BCUT2D eigenvalue weighted by Gasteiger charge is -2.51. The second-order valence-electron chi connectivity index (χ2n) is 14.1. The third kappa shape index (κ3) is 8.04. The lowest BCUT2D eigenvalue weighted by molar-refractivity contribution is -0.164. The lowest BCUT2D eigenvalue weighted by Crippen LogP contribution is -2.74. The Morgan fingerprint density at radius 3 is 2.21 bits per heavy atom. The number of fused-ring (bicyclic) bond motifs is 1. The first kappa shape index (κ1) is 36.7. The Labute approximate surface area is 307 Å². The fraction of sp³-hybridized carbons (Fsp3) is 0.410. The number of amides is 4. The third-order valence-electron chi connectivity index (χ3n) is 9.34. The van der Waals surface area contributed by atoms with Gasteiger partial charge >= 0.3 is 18.2 Å². The van der Waals surface area contributed by atoms with E-state index in [-0.39, 0.29) is 18.6 Å². The number of rotatable bonds is 9. The monoisotopic (exact) mass is 728 g/mol. The number of nitrogens with zero attached hydrogens (tertiary/aromatic N) is 3. The number of benzene rings is 2. The highest BCUT2D eigenvalue weighted by molar-refractivity contribution is 8.03. The Balaban J connectivity index is 1.24. The maximum atomic E-state index is 14.4. The molecular formula is C39H44N4O8S. The average molecular weight is 729 g/mol. The van der Waals surface area contributed by atoms with E-state index >= 15 is 0 Å². The van der Waals surface area contributed by atoms with Crippen LogP contribution in [0.5, 0.6) is 0 Å². The number of carbonyl (C=O) groups is 5. The van der Waals surface area contributed by atoms with Gasteiger partial charge in [0.2, 0.25) is 11.8 Å². The maximum Gasteiger partial charge on any atom is 0.410 e. The van der Waals surface area contributed by atoms with Gasteiger partial charge in [-0.2, -0.15) is 0 Å². The number of nitrogens with one attached hydrogen (secondary N) is 1. The fourth-order valence-electron chi connectivity index (χ4n) is 6.87. The molecule has 4 heterocycles. The molecule has 13 heteroatoms. The van der Waals surface area contributed by atoms with E-state index in [9.17, 15) is 24.0 Å². The molecule has 52 heavy (non-hydrogen) atoms.